The third-order valence-corrected chi connectivity index (χ3v) is 3.36. The first-order chi connectivity index (χ1) is 9.15. The van der Waals surface area contributed by atoms with Crippen LogP contribution in [0, 0.1) is 0 Å². The van der Waals surface area contributed by atoms with Crippen molar-refractivity contribution in [3.05, 3.63) is 23.8 Å². The van der Waals surface area contributed by atoms with Gasteiger partial charge in [-0.3, -0.25) is 0 Å². The highest BCUT2D eigenvalue weighted by Crippen LogP contribution is 2.29. The molecule has 0 fully saturated rings. The molecule has 0 heterocycles. The average molecular weight is 267 g/mol. The fourth-order valence-electron chi connectivity index (χ4n) is 2.18. The Kier molecular flexibility index (Phi) is 6.67. The summed E-state index contributed by atoms with van der Waals surface area (Å²) in [5, 5.41) is 12.6. The summed E-state index contributed by atoms with van der Waals surface area (Å²) in [6.07, 6.45) is 1.75. The molecule has 2 unspecified atom stereocenters. The lowest BCUT2D eigenvalue weighted by Gasteiger charge is -2.23. The Balaban J connectivity index is 2.83. The number of ether oxygens (including phenoxy) is 2. The van der Waals surface area contributed by atoms with Gasteiger partial charge in [0, 0.05) is 30.3 Å². The molecule has 0 aliphatic rings. The van der Waals surface area contributed by atoms with Gasteiger partial charge in [-0.1, -0.05) is 13.0 Å². The molecule has 0 spiro atoms. The van der Waals surface area contributed by atoms with Crippen LogP contribution in [0.3, 0.4) is 0 Å². The van der Waals surface area contributed by atoms with Crippen molar-refractivity contribution < 1.29 is 14.6 Å². The molecule has 1 aromatic rings. The predicted molar refractivity (Wildman–Crippen MR) is 76.9 cm³/mol. The van der Waals surface area contributed by atoms with Crippen molar-refractivity contribution in [3.63, 3.8) is 0 Å². The van der Waals surface area contributed by atoms with Gasteiger partial charge in [0.25, 0.3) is 0 Å². The minimum atomic E-state index is 0.164. The summed E-state index contributed by atoms with van der Waals surface area (Å²) < 4.78 is 10.6. The minimum absolute atomic E-state index is 0.164. The SMILES string of the molecule is CCC(CCO)NC(C)c1ccc(OC)cc1OC. The molecule has 0 saturated heterocycles. The van der Waals surface area contributed by atoms with Crippen LogP contribution in [0.15, 0.2) is 18.2 Å². The van der Waals surface area contributed by atoms with Crippen LogP contribution in [0.4, 0.5) is 0 Å². The molecule has 2 atom stereocenters. The Morgan fingerprint density at radius 2 is 2.00 bits per heavy atom. The summed E-state index contributed by atoms with van der Waals surface area (Å²) in [6, 6.07) is 6.31. The molecule has 0 aliphatic carbocycles. The Hall–Kier alpha value is -1.26. The summed E-state index contributed by atoms with van der Waals surface area (Å²) in [7, 11) is 3.31. The van der Waals surface area contributed by atoms with Gasteiger partial charge >= 0.3 is 0 Å². The summed E-state index contributed by atoms with van der Waals surface area (Å²) in [6.45, 7) is 4.42. The molecule has 0 radical (unpaired) electrons. The van der Waals surface area contributed by atoms with Crippen LogP contribution in [0.2, 0.25) is 0 Å². The molecular weight excluding hydrogens is 242 g/mol. The molecule has 1 aromatic carbocycles. The van der Waals surface area contributed by atoms with Crippen LogP contribution in [0.1, 0.15) is 38.3 Å². The number of benzene rings is 1. The van der Waals surface area contributed by atoms with Gasteiger partial charge in [0.15, 0.2) is 0 Å². The third-order valence-electron chi connectivity index (χ3n) is 3.36. The van der Waals surface area contributed by atoms with E-state index in [1.807, 2.05) is 18.2 Å². The van der Waals surface area contributed by atoms with E-state index < -0.39 is 0 Å². The topological polar surface area (TPSA) is 50.7 Å². The summed E-state index contributed by atoms with van der Waals surface area (Å²) in [5.41, 5.74) is 1.10. The summed E-state index contributed by atoms with van der Waals surface area (Å²) in [5.74, 6) is 1.61. The predicted octanol–water partition coefficient (Wildman–Crippen LogP) is 2.52. The van der Waals surface area contributed by atoms with Gasteiger partial charge in [-0.2, -0.15) is 0 Å². The van der Waals surface area contributed by atoms with Crippen molar-refractivity contribution in [3.8, 4) is 11.5 Å². The van der Waals surface area contributed by atoms with Gasteiger partial charge < -0.3 is 19.9 Å². The number of nitrogens with one attached hydrogen (secondary N) is 1. The summed E-state index contributed by atoms with van der Waals surface area (Å²) >= 11 is 0. The highest BCUT2D eigenvalue weighted by atomic mass is 16.5. The lowest BCUT2D eigenvalue weighted by atomic mass is 10.0. The van der Waals surface area contributed by atoms with Crippen molar-refractivity contribution in [1.82, 2.24) is 5.32 Å². The van der Waals surface area contributed by atoms with Crippen LogP contribution in [0.25, 0.3) is 0 Å². The molecule has 2 N–H and O–H groups in total. The number of methoxy groups -OCH3 is 2. The number of aliphatic hydroxyl groups is 1. The highest BCUT2D eigenvalue weighted by Gasteiger charge is 2.15. The normalized spacial score (nSPS) is 13.9. The molecule has 4 heteroatoms. The maximum Gasteiger partial charge on any atom is 0.127 e. The zero-order valence-corrected chi connectivity index (χ0v) is 12.3. The molecular formula is C15H25NO3. The van der Waals surface area contributed by atoms with E-state index in [9.17, 15) is 0 Å². The maximum absolute atomic E-state index is 9.04. The van der Waals surface area contributed by atoms with Crippen LogP contribution >= 0.6 is 0 Å². The lowest BCUT2D eigenvalue weighted by molar-refractivity contribution is 0.256. The highest BCUT2D eigenvalue weighted by molar-refractivity contribution is 5.42. The van der Waals surface area contributed by atoms with E-state index >= 15 is 0 Å². The van der Waals surface area contributed by atoms with Gasteiger partial charge in [-0.15, -0.1) is 0 Å². The van der Waals surface area contributed by atoms with Crippen LogP contribution < -0.4 is 14.8 Å². The third kappa shape index (κ3) is 4.40. The van der Waals surface area contributed by atoms with Gasteiger partial charge in [-0.05, 0) is 25.8 Å². The number of aliphatic hydroxyl groups excluding tert-OH is 1. The molecule has 0 aliphatic heterocycles. The van der Waals surface area contributed by atoms with Crippen LogP contribution in [0.5, 0.6) is 11.5 Å². The first-order valence-corrected chi connectivity index (χ1v) is 6.75. The first kappa shape index (κ1) is 15.8. The molecule has 0 bridgehead atoms. The van der Waals surface area contributed by atoms with E-state index in [0.717, 1.165) is 29.9 Å². The monoisotopic (exact) mass is 267 g/mol. The second kappa shape index (κ2) is 8.02. The van der Waals surface area contributed by atoms with Crippen molar-refractivity contribution in [2.75, 3.05) is 20.8 Å². The number of hydrogen-bond acceptors (Lipinski definition) is 4. The van der Waals surface area contributed by atoms with Crippen LogP contribution in [-0.2, 0) is 0 Å². The smallest absolute Gasteiger partial charge is 0.127 e. The zero-order valence-electron chi connectivity index (χ0n) is 12.3. The molecule has 0 aromatic heterocycles. The quantitative estimate of drug-likeness (QED) is 0.760. The fraction of sp³-hybridized carbons (Fsp3) is 0.600. The Bertz CT molecular complexity index is 382. The number of hydrogen-bond donors (Lipinski definition) is 2. The Labute approximate surface area is 115 Å². The maximum atomic E-state index is 9.04. The van der Waals surface area contributed by atoms with E-state index in [1.54, 1.807) is 14.2 Å². The van der Waals surface area contributed by atoms with Crippen molar-refractivity contribution in [2.24, 2.45) is 0 Å². The Morgan fingerprint density at radius 1 is 1.26 bits per heavy atom. The van der Waals surface area contributed by atoms with E-state index in [2.05, 4.69) is 19.2 Å². The van der Waals surface area contributed by atoms with Gasteiger partial charge in [0.1, 0.15) is 11.5 Å². The number of rotatable bonds is 8. The van der Waals surface area contributed by atoms with Gasteiger partial charge in [0.05, 0.1) is 14.2 Å². The van der Waals surface area contributed by atoms with E-state index in [-0.39, 0.29) is 12.6 Å². The summed E-state index contributed by atoms with van der Waals surface area (Å²) in [4.78, 5) is 0. The second-order valence-corrected chi connectivity index (χ2v) is 4.61. The molecule has 0 amide bonds. The van der Waals surface area contributed by atoms with E-state index in [1.165, 1.54) is 0 Å². The van der Waals surface area contributed by atoms with Crippen molar-refractivity contribution in [1.29, 1.82) is 0 Å². The molecule has 4 nitrogen and oxygen atoms in total. The average Bonchev–Trinajstić information content (AvgIpc) is 2.45. The van der Waals surface area contributed by atoms with Gasteiger partial charge in [-0.25, -0.2) is 0 Å². The fourth-order valence-corrected chi connectivity index (χ4v) is 2.18. The van der Waals surface area contributed by atoms with Crippen molar-refractivity contribution in [2.45, 2.75) is 38.8 Å². The van der Waals surface area contributed by atoms with Crippen molar-refractivity contribution >= 4 is 0 Å². The zero-order chi connectivity index (χ0) is 14.3. The second-order valence-electron chi connectivity index (χ2n) is 4.61. The van der Waals surface area contributed by atoms with E-state index in [0.29, 0.717) is 6.04 Å². The molecule has 108 valence electrons. The lowest BCUT2D eigenvalue weighted by Crippen LogP contribution is -2.32. The standard InChI is InChI=1S/C15H25NO3/c1-5-12(8-9-17)16-11(2)14-7-6-13(18-3)10-15(14)19-4/h6-7,10-12,16-17H,5,8-9H2,1-4H3. The van der Waals surface area contributed by atoms with Gasteiger partial charge in [0.2, 0.25) is 0 Å². The molecule has 0 saturated carbocycles. The molecule has 1 rings (SSSR count). The van der Waals surface area contributed by atoms with E-state index in [4.69, 9.17) is 14.6 Å². The Morgan fingerprint density at radius 3 is 2.53 bits per heavy atom. The van der Waals surface area contributed by atoms with Crippen LogP contribution in [-0.4, -0.2) is 32.0 Å². The largest absolute Gasteiger partial charge is 0.497 e. The first-order valence-electron chi connectivity index (χ1n) is 6.75. The molecule has 19 heavy (non-hydrogen) atoms. The minimum Gasteiger partial charge on any atom is -0.497 e.